The molecule has 0 aliphatic carbocycles. The number of aryl methyl sites for hydroxylation is 1. The fraction of sp³-hybridized carbons (Fsp3) is 0.571. The van der Waals surface area contributed by atoms with Crippen LogP contribution < -0.4 is 0 Å². The number of benzene rings is 1. The van der Waals surface area contributed by atoms with E-state index in [1.54, 1.807) is 0 Å². The van der Waals surface area contributed by atoms with Crippen LogP contribution in [0.4, 0.5) is 0 Å². The average Bonchev–Trinajstić information content (AvgIpc) is 2.76. The van der Waals surface area contributed by atoms with E-state index in [2.05, 4.69) is 32.0 Å². The van der Waals surface area contributed by atoms with Crippen LogP contribution in [0, 0.1) is 0 Å². The summed E-state index contributed by atoms with van der Waals surface area (Å²) in [5.41, 5.74) is 2.39. The first-order chi connectivity index (χ1) is 7.65. The van der Waals surface area contributed by atoms with Gasteiger partial charge in [0, 0.05) is 4.75 Å². The number of hydrogen-bond acceptors (Lipinski definition) is 2. The van der Waals surface area contributed by atoms with Crippen molar-refractivity contribution in [2.24, 2.45) is 0 Å². The maximum atomic E-state index is 10.5. The Balaban J connectivity index is 2.22. The number of aliphatic hydroxyl groups is 1. The Hall–Kier alpha value is -0.470. The van der Waals surface area contributed by atoms with Gasteiger partial charge in [0.05, 0.1) is 6.10 Å². The van der Waals surface area contributed by atoms with E-state index in [1.807, 2.05) is 17.8 Å². The van der Waals surface area contributed by atoms with Gasteiger partial charge in [-0.3, -0.25) is 0 Å². The standard InChI is InChI=1S/C14H20OS/c1-3-11-6-4-7-12(10-11)13(15)14(2)8-5-9-16-14/h4,6-7,10,13,15H,3,5,8-9H2,1-2H3. The van der Waals surface area contributed by atoms with Gasteiger partial charge in [0.25, 0.3) is 0 Å². The fourth-order valence-electron chi connectivity index (χ4n) is 2.35. The quantitative estimate of drug-likeness (QED) is 0.866. The Kier molecular flexibility index (Phi) is 3.60. The molecule has 1 saturated heterocycles. The minimum absolute atomic E-state index is 0.0202. The molecule has 0 spiro atoms. The number of aliphatic hydroxyl groups excluding tert-OH is 1. The van der Waals surface area contributed by atoms with Gasteiger partial charge in [0.2, 0.25) is 0 Å². The van der Waals surface area contributed by atoms with Crippen LogP contribution in [0.3, 0.4) is 0 Å². The third kappa shape index (κ3) is 2.28. The van der Waals surface area contributed by atoms with Gasteiger partial charge in [-0.15, -0.1) is 0 Å². The highest BCUT2D eigenvalue weighted by atomic mass is 32.2. The van der Waals surface area contributed by atoms with Crippen molar-refractivity contribution in [2.75, 3.05) is 5.75 Å². The van der Waals surface area contributed by atoms with Crippen molar-refractivity contribution in [3.8, 4) is 0 Å². The monoisotopic (exact) mass is 236 g/mol. The first kappa shape index (κ1) is 12.0. The van der Waals surface area contributed by atoms with Crippen LogP contribution in [0.25, 0.3) is 0 Å². The zero-order chi connectivity index (χ0) is 11.6. The molecule has 2 atom stereocenters. The van der Waals surface area contributed by atoms with Gasteiger partial charge in [-0.05, 0) is 43.1 Å². The van der Waals surface area contributed by atoms with E-state index in [0.717, 1.165) is 18.4 Å². The molecule has 1 aromatic carbocycles. The molecule has 1 aliphatic heterocycles. The van der Waals surface area contributed by atoms with Crippen LogP contribution in [0.1, 0.15) is 43.9 Å². The van der Waals surface area contributed by atoms with E-state index >= 15 is 0 Å². The molecule has 1 fully saturated rings. The van der Waals surface area contributed by atoms with Crippen LogP contribution in [0.15, 0.2) is 24.3 Å². The zero-order valence-corrected chi connectivity index (χ0v) is 10.9. The SMILES string of the molecule is CCc1cccc(C(O)C2(C)CCCS2)c1. The van der Waals surface area contributed by atoms with Gasteiger partial charge in [-0.25, -0.2) is 0 Å². The summed E-state index contributed by atoms with van der Waals surface area (Å²) in [6.45, 7) is 4.34. The van der Waals surface area contributed by atoms with Crippen molar-refractivity contribution < 1.29 is 5.11 Å². The summed E-state index contributed by atoms with van der Waals surface area (Å²) in [7, 11) is 0. The number of thioether (sulfide) groups is 1. The van der Waals surface area contributed by atoms with Gasteiger partial charge in [-0.1, -0.05) is 31.2 Å². The summed E-state index contributed by atoms with van der Waals surface area (Å²) < 4.78 is 0.0202. The second-order valence-corrected chi connectivity index (χ2v) is 6.40. The normalized spacial score (nSPS) is 26.9. The third-order valence-corrected chi connectivity index (χ3v) is 5.08. The molecular weight excluding hydrogens is 216 g/mol. The van der Waals surface area contributed by atoms with E-state index in [4.69, 9.17) is 0 Å². The van der Waals surface area contributed by atoms with E-state index in [1.165, 1.54) is 17.7 Å². The molecule has 0 saturated carbocycles. The summed E-state index contributed by atoms with van der Waals surface area (Å²) in [5.74, 6) is 1.18. The second-order valence-electron chi connectivity index (χ2n) is 4.77. The van der Waals surface area contributed by atoms with Crippen LogP contribution >= 0.6 is 11.8 Å². The lowest BCUT2D eigenvalue weighted by atomic mass is 9.92. The molecular formula is C14H20OS. The molecule has 0 aromatic heterocycles. The first-order valence-corrected chi connectivity index (χ1v) is 7.05. The second kappa shape index (κ2) is 4.80. The Labute approximate surface area is 102 Å². The van der Waals surface area contributed by atoms with E-state index in [-0.39, 0.29) is 10.9 Å². The Morgan fingerprint density at radius 3 is 2.94 bits per heavy atom. The summed E-state index contributed by atoms with van der Waals surface area (Å²) in [4.78, 5) is 0. The summed E-state index contributed by atoms with van der Waals surface area (Å²) in [5, 5.41) is 10.5. The summed E-state index contributed by atoms with van der Waals surface area (Å²) in [6.07, 6.45) is 3.05. The zero-order valence-electron chi connectivity index (χ0n) is 10.1. The average molecular weight is 236 g/mol. The highest BCUT2D eigenvalue weighted by Gasteiger charge is 2.37. The van der Waals surface area contributed by atoms with Crippen LogP contribution in [0.2, 0.25) is 0 Å². The van der Waals surface area contributed by atoms with Crippen LogP contribution in [-0.2, 0) is 6.42 Å². The minimum Gasteiger partial charge on any atom is -0.387 e. The number of hydrogen-bond donors (Lipinski definition) is 1. The topological polar surface area (TPSA) is 20.2 Å². The van der Waals surface area contributed by atoms with Gasteiger partial charge < -0.3 is 5.11 Å². The molecule has 1 aromatic rings. The predicted octanol–water partition coefficient (Wildman–Crippen LogP) is 3.57. The molecule has 1 aliphatic rings. The fourth-order valence-corrected chi connectivity index (χ4v) is 3.69. The van der Waals surface area contributed by atoms with E-state index < -0.39 is 0 Å². The smallest absolute Gasteiger partial charge is 0.0934 e. The van der Waals surface area contributed by atoms with Crippen molar-refractivity contribution in [1.29, 1.82) is 0 Å². The molecule has 1 nitrogen and oxygen atoms in total. The molecule has 0 bridgehead atoms. The Bertz CT molecular complexity index is 356. The molecule has 1 heterocycles. The van der Waals surface area contributed by atoms with Gasteiger partial charge >= 0.3 is 0 Å². The molecule has 0 radical (unpaired) electrons. The first-order valence-electron chi connectivity index (χ1n) is 6.06. The summed E-state index contributed by atoms with van der Waals surface area (Å²) >= 11 is 1.91. The van der Waals surface area contributed by atoms with Gasteiger partial charge in [-0.2, -0.15) is 11.8 Å². The maximum absolute atomic E-state index is 10.5. The van der Waals surface area contributed by atoms with Crippen LogP contribution in [0.5, 0.6) is 0 Å². The predicted molar refractivity (Wildman–Crippen MR) is 70.9 cm³/mol. The Morgan fingerprint density at radius 2 is 2.31 bits per heavy atom. The van der Waals surface area contributed by atoms with Crippen molar-refractivity contribution in [3.63, 3.8) is 0 Å². The Morgan fingerprint density at radius 1 is 1.50 bits per heavy atom. The lowest BCUT2D eigenvalue weighted by molar-refractivity contribution is 0.135. The summed E-state index contributed by atoms with van der Waals surface area (Å²) in [6, 6.07) is 8.38. The molecule has 16 heavy (non-hydrogen) atoms. The lowest BCUT2D eigenvalue weighted by Gasteiger charge is -2.29. The minimum atomic E-state index is -0.327. The van der Waals surface area contributed by atoms with Crippen LogP contribution in [-0.4, -0.2) is 15.6 Å². The van der Waals surface area contributed by atoms with E-state index in [9.17, 15) is 5.11 Å². The number of rotatable bonds is 3. The largest absolute Gasteiger partial charge is 0.387 e. The maximum Gasteiger partial charge on any atom is 0.0934 e. The highest BCUT2D eigenvalue weighted by Crippen LogP contribution is 2.46. The van der Waals surface area contributed by atoms with Gasteiger partial charge in [0.15, 0.2) is 0 Å². The molecule has 0 amide bonds. The molecule has 2 rings (SSSR count). The molecule has 88 valence electrons. The third-order valence-electron chi connectivity index (χ3n) is 3.50. The molecule has 2 unspecified atom stereocenters. The highest BCUT2D eigenvalue weighted by molar-refractivity contribution is 8.00. The molecule has 2 heteroatoms. The van der Waals surface area contributed by atoms with Gasteiger partial charge in [0.1, 0.15) is 0 Å². The van der Waals surface area contributed by atoms with Crippen molar-refractivity contribution in [3.05, 3.63) is 35.4 Å². The lowest BCUT2D eigenvalue weighted by Crippen LogP contribution is -2.26. The van der Waals surface area contributed by atoms with Crippen molar-refractivity contribution in [2.45, 2.75) is 44.0 Å². The van der Waals surface area contributed by atoms with E-state index in [0.29, 0.717) is 0 Å². The van der Waals surface area contributed by atoms with Crippen molar-refractivity contribution in [1.82, 2.24) is 0 Å². The van der Waals surface area contributed by atoms with Crippen molar-refractivity contribution >= 4 is 11.8 Å². The molecule has 1 N–H and O–H groups in total.